The van der Waals surface area contributed by atoms with Gasteiger partial charge in [-0.2, -0.15) is 0 Å². The van der Waals surface area contributed by atoms with Crippen molar-refractivity contribution in [1.82, 2.24) is 5.32 Å². The molecule has 1 aromatic carbocycles. The van der Waals surface area contributed by atoms with Gasteiger partial charge in [0.25, 0.3) is 5.91 Å². The van der Waals surface area contributed by atoms with E-state index in [4.69, 9.17) is 19.3 Å². The Balaban J connectivity index is 1.86. The van der Waals surface area contributed by atoms with Crippen molar-refractivity contribution < 1.29 is 28.9 Å². The third-order valence-corrected chi connectivity index (χ3v) is 2.83. The standard InChI is InChI=1S/C14H17NO6/c16-13(17)9-21-11-3-1-2-10(6-11)14(18)15-7-12-8-19-4-5-20-12/h1-3,6,12H,4-5,7-9H2,(H,15,18)(H,16,17). The second kappa shape index (κ2) is 7.61. The summed E-state index contributed by atoms with van der Waals surface area (Å²) in [7, 11) is 0. The van der Waals surface area contributed by atoms with E-state index in [-0.39, 0.29) is 12.0 Å². The monoisotopic (exact) mass is 295 g/mol. The molecular weight excluding hydrogens is 278 g/mol. The number of amides is 1. The lowest BCUT2D eigenvalue weighted by Gasteiger charge is -2.23. The molecule has 1 atom stereocenters. The molecule has 2 rings (SSSR count). The molecule has 1 saturated heterocycles. The smallest absolute Gasteiger partial charge is 0.341 e. The van der Waals surface area contributed by atoms with Crippen LogP contribution in [0.2, 0.25) is 0 Å². The van der Waals surface area contributed by atoms with Crippen molar-refractivity contribution in [3.8, 4) is 5.75 Å². The van der Waals surface area contributed by atoms with Crippen molar-refractivity contribution in [2.45, 2.75) is 6.10 Å². The van der Waals surface area contributed by atoms with Crippen LogP contribution in [0.3, 0.4) is 0 Å². The predicted octanol–water partition coefficient (Wildman–Crippen LogP) is 0.295. The summed E-state index contributed by atoms with van der Waals surface area (Å²) in [6.45, 7) is 1.48. The molecular formula is C14H17NO6. The summed E-state index contributed by atoms with van der Waals surface area (Å²) in [4.78, 5) is 22.4. The number of carboxylic acids is 1. The van der Waals surface area contributed by atoms with E-state index in [1.54, 1.807) is 18.2 Å². The summed E-state index contributed by atoms with van der Waals surface area (Å²) in [5, 5.41) is 11.3. The first-order valence-electron chi connectivity index (χ1n) is 6.57. The summed E-state index contributed by atoms with van der Waals surface area (Å²) in [5.41, 5.74) is 0.398. The summed E-state index contributed by atoms with van der Waals surface area (Å²) < 4.78 is 15.7. The Hall–Kier alpha value is -2.12. The molecule has 0 bridgehead atoms. The van der Waals surface area contributed by atoms with Crippen LogP contribution in [-0.2, 0) is 14.3 Å². The lowest BCUT2D eigenvalue weighted by atomic mass is 10.2. The average Bonchev–Trinajstić information content (AvgIpc) is 2.52. The van der Waals surface area contributed by atoms with Gasteiger partial charge in [-0.1, -0.05) is 6.07 Å². The van der Waals surface area contributed by atoms with Crippen molar-refractivity contribution in [2.24, 2.45) is 0 Å². The largest absolute Gasteiger partial charge is 0.482 e. The van der Waals surface area contributed by atoms with Crippen molar-refractivity contribution in [3.63, 3.8) is 0 Å². The highest BCUT2D eigenvalue weighted by Gasteiger charge is 2.16. The highest BCUT2D eigenvalue weighted by atomic mass is 16.6. The lowest BCUT2D eigenvalue weighted by Crippen LogP contribution is -2.39. The molecule has 7 heteroatoms. The fourth-order valence-electron chi connectivity index (χ4n) is 1.84. The van der Waals surface area contributed by atoms with E-state index < -0.39 is 12.6 Å². The molecule has 1 aliphatic rings. The molecule has 1 amide bonds. The van der Waals surface area contributed by atoms with E-state index in [2.05, 4.69) is 5.32 Å². The lowest BCUT2D eigenvalue weighted by molar-refractivity contribution is -0.139. The van der Waals surface area contributed by atoms with Crippen LogP contribution in [0.4, 0.5) is 0 Å². The molecule has 114 valence electrons. The number of carbonyl (C=O) groups excluding carboxylic acids is 1. The number of hydrogen-bond donors (Lipinski definition) is 2. The number of carbonyl (C=O) groups is 2. The molecule has 1 aliphatic heterocycles. The van der Waals surface area contributed by atoms with Gasteiger partial charge in [0, 0.05) is 12.1 Å². The Morgan fingerprint density at radius 3 is 2.95 bits per heavy atom. The van der Waals surface area contributed by atoms with Crippen LogP contribution in [0.15, 0.2) is 24.3 Å². The van der Waals surface area contributed by atoms with Gasteiger partial charge in [-0.15, -0.1) is 0 Å². The van der Waals surface area contributed by atoms with Crippen LogP contribution in [-0.4, -0.2) is 56.1 Å². The second-order valence-electron chi connectivity index (χ2n) is 4.49. The number of carboxylic acid groups (broad SMARTS) is 1. The van der Waals surface area contributed by atoms with Gasteiger partial charge in [-0.25, -0.2) is 4.79 Å². The Bertz CT molecular complexity index is 498. The van der Waals surface area contributed by atoms with Gasteiger partial charge in [0.1, 0.15) is 5.75 Å². The summed E-state index contributed by atoms with van der Waals surface area (Å²) in [5.74, 6) is -1.01. The molecule has 1 unspecified atom stereocenters. The first kappa shape index (κ1) is 15.3. The maximum Gasteiger partial charge on any atom is 0.341 e. The van der Waals surface area contributed by atoms with E-state index in [0.717, 1.165) is 0 Å². The number of hydrogen-bond acceptors (Lipinski definition) is 5. The maximum absolute atomic E-state index is 12.0. The first-order valence-corrected chi connectivity index (χ1v) is 6.57. The highest BCUT2D eigenvalue weighted by Crippen LogP contribution is 2.13. The number of rotatable bonds is 6. The van der Waals surface area contributed by atoms with Gasteiger partial charge in [-0.3, -0.25) is 4.79 Å². The Morgan fingerprint density at radius 1 is 1.38 bits per heavy atom. The molecule has 0 radical (unpaired) electrons. The Labute approximate surface area is 121 Å². The van der Waals surface area contributed by atoms with Gasteiger partial charge >= 0.3 is 5.97 Å². The van der Waals surface area contributed by atoms with Crippen LogP contribution in [0, 0.1) is 0 Å². The zero-order chi connectivity index (χ0) is 15.1. The van der Waals surface area contributed by atoms with E-state index in [9.17, 15) is 9.59 Å². The fourth-order valence-corrected chi connectivity index (χ4v) is 1.84. The minimum atomic E-state index is -1.07. The van der Waals surface area contributed by atoms with Gasteiger partial charge in [0.05, 0.1) is 25.9 Å². The Kier molecular flexibility index (Phi) is 5.53. The summed E-state index contributed by atoms with van der Waals surface area (Å²) in [6.07, 6.45) is -0.144. The molecule has 2 N–H and O–H groups in total. The van der Waals surface area contributed by atoms with Crippen molar-refractivity contribution in [2.75, 3.05) is 33.0 Å². The Morgan fingerprint density at radius 2 is 2.24 bits per heavy atom. The van der Waals surface area contributed by atoms with E-state index in [0.29, 0.717) is 37.7 Å². The van der Waals surface area contributed by atoms with Crippen molar-refractivity contribution >= 4 is 11.9 Å². The van der Waals surface area contributed by atoms with Crippen LogP contribution >= 0.6 is 0 Å². The molecule has 0 aliphatic carbocycles. The summed E-state index contributed by atoms with van der Waals surface area (Å²) >= 11 is 0. The molecule has 1 fully saturated rings. The first-order chi connectivity index (χ1) is 10.1. The van der Waals surface area contributed by atoms with Crippen LogP contribution < -0.4 is 10.1 Å². The summed E-state index contributed by atoms with van der Waals surface area (Å²) in [6, 6.07) is 6.35. The van der Waals surface area contributed by atoms with Crippen LogP contribution in [0.5, 0.6) is 5.75 Å². The van der Waals surface area contributed by atoms with Crippen molar-refractivity contribution in [3.05, 3.63) is 29.8 Å². The third-order valence-electron chi connectivity index (χ3n) is 2.83. The zero-order valence-electron chi connectivity index (χ0n) is 11.4. The predicted molar refractivity (Wildman–Crippen MR) is 72.5 cm³/mol. The number of aliphatic carboxylic acids is 1. The minimum absolute atomic E-state index is 0.144. The SMILES string of the molecule is O=C(O)COc1cccc(C(=O)NCC2COCCO2)c1. The van der Waals surface area contributed by atoms with Crippen LogP contribution in [0.25, 0.3) is 0 Å². The molecule has 0 aromatic heterocycles. The van der Waals surface area contributed by atoms with Gasteiger partial charge in [-0.05, 0) is 18.2 Å². The zero-order valence-corrected chi connectivity index (χ0v) is 11.4. The highest BCUT2D eigenvalue weighted by molar-refractivity contribution is 5.94. The van der Waals surface area contributed by atoms with E-state index in [1.165, 1.54) is 6.07 Å². The minimum Gasteiger partial charge on any atom is -0.482 e. The molecule has 1 aromatic rings. The number of benzene rings is 1. The number of nitrogens with one attached hydrogen (secondary N) is 1. The second-order valence-corrected chi connectivity index (χ2v) is 4.49. The van der Waals surface area contributed by atoms with Crippen molar-refractivity contribution in [1.29, 1.82) is 0 Å². The quantitative estimate of drug-likeness (QED) is 0.783. The topological polar surface area (TPSA) is 94.1 Å². The average molecular weight is 295 g/mol. The maximum atomic E-state index is 12.0. The third kappa shape index (κ3) is 5.05. The van der Waals surface area contributed by atoms with Gasteiger partial charge < -0.3 is 24.6 Å². The van der Waals surface area contributed by atoms with Crippen LogP contribution in [0.1, 0.15) is 10.4 Å². The van der Waals surface area contributed by atoms with Gasteiger partial charge in [0.2, 0.25) is 0 Å². The number of ether oxygens (including phenoxy) is 3. The van der Waals surface area contributed by atoms with E-state index >= 15 is 0 Å². The molecule has 21 heavy (non-hydrogen) atoms. The molecule has 0 saturated carbocycles. The molecule has 0 spiro atoms. The molecule has 7 nitrogen and oxygen atoms in total. The fraction of sp³-hybridized carbons (Fsp3) is 0.429. The van der Waals surface area contributed by atoms with E-state index in [1.807, 2.05) is 0 Å². The van der Waals surface area contributed by atoms with Gasteiger partial charge in [0.15, 0.2) is 6.61 Å². The normalized spacial score (nSPS) is 18.0. The molecule has 1 heterocycles.